The Morgan fingerprint density at radius 1 is 1.17 bits per heavy atom. The van der Waals surface area contributed by atoms with Gasteiger partial charge in [-0.15, -0.1) is 0 Å². The van der Waals surface area contributed by atoms with Crippen molar-refractivity contribution in [2.24, 2.45) is 0 Å². The number of carbonyl (C=O) groups excluding carboxylic acids is 1. The molecule has 0 aromatic heterocycles. The molecule has 0 radical (unpaired) electrons. The van der Waals surface area contributed by atoms with Gasteiger partial charge in [-0.3, -0.25) is 4.79 Å². The zero-order valence-corrected chi connectivity index (χ0v) is 11.1. The third-order valence-corrected chi connectivity index (χ3v) is 3.42. The Balaban J connectivity index is 2.13. The van der Waals surface area contributed by atoms with Gasteiger partial charge in [0.15, 0.2) is 17.3 Å². The Hall–Kier alpha value is -1.51. The molecule has 1 aliphatic rings. The van der Waals surface area contributed by atoms with Gasteiger partial charge in [-0.25, -0.2) is 0 Å². The van der Waals surface area contributed by atoms with Gasteiger partial charge in [0, 0.05) is 5.56 Å². The minimum Gasteiger partial charge on any atom is -0.493 e. The molecule has 0 amide bonds. The van der Waals surface area contributed by atoms with Gasteiger partial charge in [0.25, 0.3) is 0 Å². The predicted octanol–water partition coefficient (Wildman–Crippen LogP) is 3.61. The molecule has 1 aliphatic carbocycles. The van der Waals surface area contributed by atoms with Crippen LogP contribution in [0.3, 0.4) is 0 Å². The van der Waals surface area contributed by atoms with E-state index in [2.05, 4.69) is 0 Å². The molecule has 1 aromatic rings. The molecule has 1 fully saturated rings. The fourth-order valence-electron chi connectivity index (χ4n) is 2.35. The van der Waals surface area contributed by atoms with Gasteiger partial charge in [0.05, 0.1) is 13.2 Å². The quantitative estimate of drug-likeness (QED) is 0.763. The molecule has 0 atom stereocenters. The Morgan fingerprint density at radius 2 is 1.89 bits per heavy atom. The van der Waals surface area contributed by atoms with E-state index in [-0.39, 0.29) is 11.9 Å². The first-order valence-electron chi connectivity index (χ1n) is 6.56. The molecule has 0 heterocycles. The van der Waals surface area contributed by atoms with Crippen LogP contribution in [0.5, 0.6) is 11.5 Å². The monoisotopic (exact) mass is 248 g/mol. The van der Waals surface area contributed by atoms with Crippen molar-refractivity contribution in [2.45, 2.75) is 45.1 Å². The Bertz CT molecular complexity index is 420. The lowest BCUT2D eigenvalue weighted by Gasteiger charge is -2.24. The van der Waals surface area contributed by atoms with Crippen molar-refractivity contribution in [3.05, 3.63) is 23.8 Å². The summed E-state index contributed by atoms with van der Waals surface area (Å²) in [5, 5.41) is 0. The molecule has 2 rings (SSSR count). The molecule has 0 spiro atoms. The van der Waals surface area contributed by atoms with Crippen LogP contribution < -0.4 is 9.47 Å². The highest BCUT2D eigenvalue weighted by Gasteiger charge is 2.17. The average Bonchev–Trinajstić information content (AvgIpc) is 2.40. The summed E-state index contributed by atoms with van der Waals surface area (Å²) in [6.45, 7) is 1.55. The third kappa shape index (κ3) is 3.03. The molecule has 0 unspecified atom stereocenters. The summed E-state index contributed by atoms with van der Waals surface area (Å²) in [4.78, 5) is 11.3. The van der Waals surface area contributed by atoms with Crippen LogP contribution in [0.4, 0.5) is 0 Å². The maximum absolute atomic E-state index is 11.3. The summed E-state index contributed by atoms with van der Waals surface area (Å²) in [6.07, 6.45) is 6.28. The van der Waals surface area contributed by atoms with Crippen molar-refractivity contribution in [1.29, 1.82) is 0 Å². The van der Waals surface area contributed by atoms with Crippen LogP contribution in [0.2, 0.25) is 0 Å². The Labute approximate surface area is 108 Å². The first kappa shape index (κ1) is 12.9. The van der Waals surface area contributed by atoms with E-state index in [9.17, 15) is 4.79 Å². The van der Waals surface area contributed by atoms with Gasteiger partial charge in [0.1, 0.15) is 0 Å². The van der Waals surface area contributed by atoms with Gasteiger partial charge in [0.2, 0.25) is 0 Å². The minimum absolute atomic E-state index is 0.0394. The topological polar surface area (TPSA) is 35.5 Å². The number of Topliss-reactive ketones (excluding diaryl/α,β-unsaturated/α-hetero) is 1. The number of hydrogen-bond acceptors (Lipinski definition) is 3. The maximum atomic E-state index is 11.3. The van der Waals surface area contributed by atoms with Crippen LogP contribution in [-0.4, -0.2) is 19.0 Å². The molecule has 0 aliphatic heterocycles. The van der Waals surface area contributed by atoms with Crippen LogP contribution >= 0.6 is 0 Å². The Kier molecular flexibility index (Phi) is 4.24. The first-order valence-corrected chi connectivity index (χ1v) is 6.56. The van der Waals surface area contributed by atoms with Crippen molar-refractivity contribution in [1.82, 2.24) is 0 Å². The zero-order valence-electron chi connectivity index (χ0n) is 11.1. The minimum atomic E-state index is 0.0394. The second-order valence-corrected chi connectivity index (χ2v) is 4.80. The molecular weight excluding hydrogens is 228 g/mol. The molecule has 3 nitrogen and oxygen atoms in total. The van der Waals surface area contributed by atoms with E-state index < -0.39 is 0 Å². The van der Waals surface area contributed by atoms with E-state index >= 15 is 0 Å². The zero-order chi connectivity index (χ0) is 13.0. The maximum Gasteiger partial charge on any atom is 0.161 e. The largest absolute Gasteiger partial charge is 0.493 e. The first-order chi connectivity index (χ1) is 8.70. The molecule has 1 aromatic carbocycles. The van der Waals surface area contributed by atoms with Crippen molar-refractivity contribution in [3.8, 4) is 11.5 Å². The fraction of sp³-hybridized carbons (Fsp3) is 0.533. The van der Waals surface area contributed by atoms with Crippen molar-refractivity contribution in [3.63, 3.8) is 0 Å². The van der Waals surface area contributed by atoms with Gasteiger partial charge in [-0.2, -0.15) is 0 Å². The normalized spacial score (nSPS) is 16.3. The van der Waals surface area contributed by atoms with Gasteiger partial charge >= 0.3 is 0 Å². The lowest BCUT2D eigenvalue weighted by Crippen LogP contribution is -2.19. The lowest BCUT2D eigenvalue weighted by atomic mass is 9.98. The SMILES string of the molecule is COc1cc(C(C)=O)ccc1OC1CCCCC1. The number of ketones is 1. The van der Waals surface area contributed by atoms with Crippen LogP contribution in [0, 0.1) is 0 Å². The van der Waals surface area contributed by atoms with Crippen molar-refractivity contribution < 1.29 is 14.3 Å². The number of carbonyl (C=O) groups is 1. The smallest absolute Gasteiger partial charge is 0.161 e. The highest BCUT2D eigenvalue weighted by atomic mass is 16.5. The molecule has 0 N–H and O–H groups in total. The molecule has 0 bridgehead atoms. The van der Waals surface area contributed by atoms with E-state index in [1.165, 1.54) is 19.3 Å². The highest BCUT2D eigenvalue weighted by molar-refractivity contribution is 5.94. The fourth-order valence-corrected chi connectivity index (χ4v) is 2.35. The number of methoxy groups -OCH3 is 1. The van der Waals surface area contributed by atoms with Crippen LogP contribution in [0.1, 0.15) is 49.4 Å². The van der Waals surface area contributed by atoms with E-state index in [4.69, 9.17) is 9.47 Å². The van der Waals surface area contributed by atoms with Crippen molar-refractivity contribution in [2.75, 3.05) is 7.11 Å². The number of ether oxygens (including phenoxy) is 2. The van der Waals surface area contributed by atoms with Gasteiger partial charge in [-0.1, -0.05) is 6.42 Å². The second kappa shape index (κ2) is 5.89. The van der Waals surface area contributed by atoms with E-state index in [1.54, 1.807) is 26.2 Å². The highest BCUT2D eigenvalue weighted by Crippen LogP contribution is 2.31. The third-order valence-electron chi connectivity index (χ3n) is 3.42. The van der Waals surface area contributed by atoms with Gasteiger partial charge in [-0.05, 0) is 50.8 Å². The summed E-state index contributed by atoms with van der Waals surface area (Å²) in [6, 6.07) is 5.38. The summed E-state index contributed by atoms with van der Waals surface area (Å²) < 4.78 is 11.3. The second-order valence-electron chi connectivity index (χ2n) is 4.80. The van der Waals surface area contributed by atoms with Crippen molar-refractivity contribution >= 4 is 5.78 Å². The summed E-state index contributed by atoms with van der Waals surface area (Å²) in [5.41, 5.74) is 0.655. The number of benzene rings is 1. The summed E-state index contributed by atoms with van der Waals surface area (Å²) >= 11 is 0. The van der Waals surface area contributed by atoms with Gasteiger partial charge < -0.3 is 9.47 Å². The van der Waals surface area contributed by atoms with Crippen LogP contribution in [-0.2, 0) is 0 Å². The number of hydrogen-bond donors (Lipinski definition) is 0. The number of rotatable bonds is 4. The van der Waals surface area contributed by atoms with Crippen LogP contribution in [0.15, 0.2) is 18.2 Å². The average molecular weight is 248 g/mol. The molecule has 98 valence electrons. The summed E-state index contributed by atoms with van der Waals surface area (Å²) in [5.74, 6) is 1.43. The summed E-state index contributed by atoms with van der Waals surface area (Å²) in [7, 11) is 1.60. The molecular formula is C15H20O3. The lowest BCUT2D eigenvalue weighted by molar-refractivity contribution is 0.101. The van der Waals surface area contributed by atoms with E-state index in [0.717, 1.165) is 18.6 Å². The molecule has 3 heteroatoms. The standard InChI is InChI=1S/C15H20O3/c1-11(16)12-8-9-14(15(10-12)17-2)18-13-6-4-3-5-7-13/h8-10,13H,3-7H2,1-2H3. The molecule has 18 heavy (non-hydrogen) atoms. The molecule has 1 saturated carbocycles. The van der Waals surface area contributed by atoms with Crippen LogP contribution in [0.25, 0.3) is 0 Å². The predicted molar refractivity (Wildman–Crippen MR) is 70.5 cm³/mol. The van der Waals surface area contributed by atoms with E-state index in [0.29, 0.717) is 11.3 Å². The molecule has 0 saturated heterocycles. The van der Waals surface area contributed by atoms with E-state index in [1.807, 2.05) is 6.07 Å². The Morgan fingerprint density at radius 3 is 2.50 bits per heavy atom.